The van der Waals surface area contributed by atoms with E-state index in [0.29, 0.717) is 17.5 Å². The molecule has 0 radical (unpaired) electrons. The Hall–Kier alpha value is -2.48. The number of nitrogens with zero attached hydrogens (tertiary/aromatic N) is 1. The molecular weight excluding hydrogens is 318 g/mol. The van der Waals surface area contributed by atoms with Crippen molar-refractivity contribution in [3.63, 3.8) is 0 Å². The van der Waals surface area contributed by atoms with Crippen LogP contribution in [0.5, 0.6) is 0 Å². The molecule has 0 bridgehead atoms. The van der Waals surface area contributed by atoms with Crippen LogP contribution in [0.1, 0.15) is 63.5 Å². The monoisotopic (exact) mass is 343 g/mol. The molecule has 0 aromatic heterocycles. The minimum Gasteiger partial charge on any atom is -0.465 e. The number of ketones is 2. The molecule has 0 fully saturated rings. The lowest BCUT2D eigenvalue weighted by Crippen LogP contribution is -2.35. The van der Waals surface area contributed by atoms with Crippen molar-refractivity contribution in [1.29, 1.82) is 5.26 Å². The summed E-state index contributed by atoms with van der Waals surface area (Å²) in [6, 6.07) is 8.66. The number of benzene rings is 1. The topological polar surface area (TPSA) is 84.2 Å². The number of ether oxygens (including phenoxy) is 1. The molecule has 1 aromatic rings. The highest BCUT2D eigenvalue weighted by molar-refractivity contribution is 6.05. The Kier molecular flexibility index (Phi) is 8.55. The highest BCUT2D eigenvalue weighted by Crippen LogP contribution is 2.32. The number of nitriles is 1. The zero-order valence-electron chi connectivity index (χ0n) is 15.1. The first-order valence-corrected chi connectivity index (χ1v) is 8.66. The molecule has 25 heavy (non-hydrogen) atoms. The number of carbonyl (C=O) groups is 3. The van der Waals surface area contributed by atoms with Crippen LogP contribution in [0.4, 0.5) is 0 Å². The van der Waals surface area contributed by atoms with Crippen LogP contribution >= 0.6 is 0 Å². The first kappa shape index (κ1) is 20.6. The lowest BCUT2D eigenvalue weighted by Gasteiger charge is -2.24. The fraction of sp³-hybridized carbons (Fsp3) is 0.500. The van der Waals surface area contributed by atoms with Gasteiger partial charge in [-0.25, -0.2) is 0 Å². The van der Waals surface area contributed by atoms with Gasteiger partial charge in [-0.05, 0) is 31.9 Å². The van der Waals surface area contributed by atoms with E-state index in [1.165, 1.54) is 6.92 Å². The van der Waals surface area contributed by atoms with Crippen LogP contribution in [-0.2, 0) is 19.1 Å². The number of Topliss-reactive ketones (excluding diaryl/α,β-unsaturated/α-hetero) is 2. The maximum Gasteiger partial charge on any atom is 0.317 e. The van der Waals surface area contributed by atoms with Gasteiger partial charge in [-0.3, -0.25) is 14.4 Å². The molecule has 2 atom stereocenters. The lowest BCUT2D eigenvalue weighted by atomic mass is 9.77. The Bertz CT molecular complexity index is 660. The summed E-state index contributed by atoms with van der Waals surface area (Å²) in [6.45, 7) is 5.09. The van der Waals surface area contributed by atoms with Gasteiger partial charge in [-0.2, -0.15) is 5.26 Å². The zero-order valence-corrected chi connectivity index (χ0v) is 15.1. The summed E-state index contributed by atoms with van der Waals surface area (Å²) in [6.07, 6.45) is 2.80. The van der Waals surface area contributed by atoms with E-state index in [0.717, 1.165) is 12.8 Å². The third kappa shape index (κ3) is 5.53. The third-order valence-corrected chi connectivity index (χ3v) is 4.10. The van der Waals surface area contributed by atoms with E-state index in [9.17, 15) is 19.6 Å². The second-order valence-corrected chi connectivity index (χ2v) is 5.94. The first-order chi connectivity index (χ1) is 12.0. The quantitative estimate of drug-likeness (QED) is 0.368. The maximum absolute atomic E-state index is 12.9. The van der Waals surface area contributed by atoms with Crippen molar-refractivity contribution in [3.05, 3.63) is 35.4 Å². The number of hydrogen-bond acceptors (Lipinski definition) is 5. The molecular formula is C20H25NO4. The number of esters is 1. The van der Waals surface area contributed by atoms with E-state index in [2.05, 4.69) is 0 Å². The third-order valence-electron chi connectivity index (χ3n) is 4.10. The van der Waals surface area contributed by atoms with Crippen molar-refractivity contribution >= 4 is 17.5 Å². The summed E-state index contributed by atoms with van der Waals surface area (Å²) < 4.78 is 5.02. The molecule has 1 rings (SSSR count). The molecule has 0 saturated heterocycles. The number of carbonyl (C=O) groups excluding carboxylic acids is 3. The van der Waals surface area contributed by atoms with Gasteiger partial charge >= 0.3 is 5.97 Å². The van der Waals surface area contributed by atoms with Crippen LogP contribution < -0.4 is 0 Å². The summed E-state index contributed by atoms with van der Waals surface area (Å²) in [5, 5.41) is 9.36. The number of unbranched alkanes of at least 4 members (excludes halogenated alkanes) is 2. The Balaban J connectivity index is 3.35. The zero-order chi connectivity index (χ0) is 18.8. The maximum atomic E-state index is 12.9. The van der Waals surface area contributed by atoms with Gasteiger partial charge in [0.1, 0.15) is 17.5 Å². The van der Waals surface area contributed by atoms with Crippen LogP contribution in [0, 0.1) is 17.2 Å². The second-order valence-electron chi connectivity index (χ2n) is 5.94. The predicted molar refractivity (Wildman–Crippen MR) is 93.9 cm³/mol. The van der Waals surface area contributed by atoms with E-state index < -0.39 is 23.6 Å². The molecule has 2 unspecified atom stereocenters. The molecule has 0 aliphatic carbocycles. The first-order valence-electron chi connectivity index (χ1n) is 8.66. The van der Waals surface area contributed by atoms with Gasteiger partial charge in [-0.15, -0.1) is 0 Å². The summed E-state index contributed by atoms with van der Waals surface area (Å²) >= 11 is 0. The molecule has 0 N–H and O–H groups in total. The standard InChI is InChI=1S/C20H25NO4/c1-4-6-7-12-17(23)19(16-11-9-8-10-15(16)13-21)18(14(3)22)20(24)25-5-2/h8-11,18-19H,4-7,12H2,1-3H3. The predicted octanol–water partition coefficient (Wildman–Crippen LogP) is 3.56. The van der Waals surface area contributed by atoms with Crippen molar-refractivity contribution < 1.29 is 19.1 Å². The van der Waals surface area contributed by atoms with E-state index in [1.54, 1.807) is 31.2 Å². The van der Waals surface area contributed by atoms with Crippen LogP contribution in [0.15, 0.2) is 24.3 Å². The van der Waals surface area contributed by atoms with E-state index in [-0.39, 0.29) is 18.8 Å². The van der Waals surface area contributed by atoms with Gasteiger partial charge < -0.3 is 4.74 Å². The minimum absolute atomic E-state index is 0.124. The van der Waals surface area contributed by atoms with Gasteiger partial charge in [0.25, 0.3) is 0 Å². The molecule has 0 spiro atoms. The average Bonchev–Trinajstić information content (AvgIpc) is 2.59. The average molecular weight is 343 g/mol. The molecule has 0 saturated carbocycles. The molecule has 0 aliphatic rings. The molecule has 5 nitrogen and oxygen atoms in total. The number of rotatable bonds is 10. The van der Waals surface area contributed by atoms with Crippen molar-refractivity contribution in [2.45, 2.75) is 52.4 Å². The van der Waals surface area contributed by atoms with Gasteiger partial charge in [0.05, 0.1) is 24.2 Å². The van der Waals surface area contributed by atoms with E-state index >= 15 is 0 Å². The Morgan fingerprint density at radius 3 is 2.40 bits per heavy atom. The fourth-order valence-electron chi connectivity index (χ4n) is 2.88. The smallest absolute Gasteiger partial charge is 0.317 e. The van der Waals surface area contributed by atoms with E-state index in [1.807, 2.05) is 13.0 Å². The van der Waals surface area contributed by atoms with Crippen molar-refractivity contribution in [2.75, 3.05) is 6.61 Å². The van der Waals surface area contributed by atoms with Crippen molar-refractivity contribution in [2.24, 2.45) is 5.92 Å². The van der Waals surface area contributed by atoms with Crippen LogP contribution in [0.2, 0.25) is 0 Å². The molecule has 1 aromatic carbocycles. The second kappa shape index (κ2) is 10.4. The summed E-state index contributed by atoms with van der Waals surface area (Å²) in [5.74, 6) is -3.55. The van der Waals surface area contributed by atoms with Crippen LogP contribution in [0.3, 0.4) is 0 Å². The van der Waals surface area contributed by atoms with Crippen molar-refractivity contribution in [3.8, 4) is 6.07 Å². The Morgan fingerprint density at radius 1 is 1.16 bits per heavy atom. The molecule has 5 heteroatoms. The van der Waals surface area contributed by atoms with Gasteiger partial charge in [0.15, 0.2) is 0 Å². The summed E-state index contributed by atoms with van der Waals surface area (Å²) in [7, 11) is 0. The van der Waals surface area contributed by atoms with E-state index in [4.69, 9.17) is 4.74 Å². The fourth-order valence-corrected chi connectivity index (χ4v) is 2.88. The van der Waals surface area contributed by atoms with Gasteiger partial charge in [0, 0.05) is 6.42 Å². The van der Waals surface area contributed by atoms with Crippen LogP contribution in [-0.4, -0.2) is 24.1 Å². The molecule has 0 amide bonds. The SMILES string of the molecule is CCCCCC(=O)C(c1ccccc1C#N)C(C(C)=O)C(=O)OCC. The largest absolute Gasteiger partial charge is 0.465 e. The van der Waals surface area contributed by atoms with Gasteiger partial charge in [0.2, 0.25) is 0 Å². The number of hydrogen-bond donors (Lipinski definition) is 0. The highest BCUT2D eigenvalue weighted by Gasteiger charge is 2.39. The Labute approximate surface area is 149 Å². The molecule has 0 aliphatic heterocycles. The summed E-state index contributed by atoms with van der Waals surface area (Å²) in [5.41, 5.74) is 0.714. The Morgan fingerprint density at radius 2 is 1.84 bits per heavy atom. The highest BCUT2D eigenvalue weighted by atomic mass is 16.5. The lowest BCUT2D eigenvalue weighted by molar-refractivity contribution is -0.154. The summed E-state index contributed by atoms with van der Waals surface area (Å²) in [4.78, 5) is 37.4. The van der Waals surface area contributed by atoms with Crippen LogP contribution in [0.25, 0.3) is 0 Å². The molecule has 134 valence electrons. The van der Waals surface area contributed by atoms with Gasteiger partial charge in [-0.1, -0.05) is 38.0 Å². The molecule has 0 heterocycles. The van der Waals surface area contributed by atoms with Crippen molar-refractivity contribution in [1.82, 2.24) is 0 Å². The normalized spacial score (nSPS) is 12.7. The minimum atomic E-state index is -1.22.